The fraction of sp³-hybridized carbons (Fsp3) is 0.762. The van der Waals surface area contributed by atoms with E-state index >= 15 is 0 Å². The molecule has 0 aromatic heterocycles. The summed E-state index contributed by atoms with van der Waals surface area (Å²) in [6, 6.07) is 0. The number of fused-ring (bicyclic) bond motifs is 5. The number of carbonyl (C=O) groups excluding carboxylic acids is 1. The van der Waals surface area contributed by atoms with Crippen molar-refractivity contribution in [3.8, 4) is 0 Å². The van der Waals surface area contributed by atoms with E-state index in [1.54, 1.807) is 12.2 Å². The highest BCUT2D eigenvalue weighted by Crippen LogP contribution is 2.67. The first-order valence-corrected chi connectivity index (χ1v) is 9.81. The first-order valence-electron chi connectivity index (χ1n) is 9.81. The molecule has 0 bridgehead atoms. The van der Waals surface area contributed by atoms with E-state index in [1.165, 1.54) is 0 Å². The Balaban J connectivity index is 1.74. The van der Waals surface area contributed by atoms with Crippen molar-refractivity contribution in [2.45, 2.75) is 63.8 Å². The van der Waals surface area contributed by atoms with Gasteiger partial charge < -0.3 is 20.4 Å². The number of allylic oxidation sites excluding steroid dienone is 4. The van der Waals surface area contributed by atoms with E-state index in [0.717, 1.165) is 24.8 Å². The lowest BCUT2D eigenvalue weighted by Crippen LogP contribution is -2.62. The number of hydrogen-bond donors (Lipinski definition) is 4. The summed E-state index contributed by atoms with van der Waals surface area (Å²) in [5, 5.41) is 42.2. The van der Waals surface area contributed by atoms with E-state index < -0.39 is 29.8 Å². The van der Waals surface area contributed by atoms with Crippen LogP contribution in [0.2, 0.25) is 0 Å². The van der Waals surface area contributed by atoms with Gasteiger partial charge in [0.25, 0.3) is 0 Å². The van der Waals surface area contributed by atoms with Gasteiger partial charge in [-0.05, 0) is 56.1 Å². The van der Waals surface area contributed by atoms with Crippen molar-refractivity contribution in [1.82, 2.24) is 0 Å². The van der Waals surface area contributed by atoms with Crippen LogP contribution in [-0.2, 0) is 4.79 Å². The third kappa shape index (κ3) is 2.15. The Kier molecular flexibility index (Phi) is 4.05. The summed E-state index contributed by atoms with van der Waals surface area (Å²) in [6.45, 7) is 3.61. The van der Waals surface area contributed by atoms with Crippen molar-refractivity contribution in [3.63, 3.8) is 0 Å². The predicted octanol–water partition coefficient (Wildman–Crippen LogP) is 1.35. The Morgan fingerprint density at radius 1 is 1.31 bits per heavy atom. The van der Waals surface area contributed by atoms with Crippen molar-refractivity contribution in [3.05, 3.63) is 23.8 Å². The molecule has 8 atom stereocenters. The molecule has 0 heterocycles. The van der Waals surface area contributed by atoms with Crippen LogP contribution >= 0.6 is 0 Å². The Labute approximate surface area is 154 Å². The summed E-state index contributed by atoms with van der Waals surface area (Å²) in [5.74, 6) is 0.445. The molecule has 0 amide bonds. The van der Waals surface area contributed by atoms with Gasteiger partial charge in [-0.15, -0.1) is 0 Å². The first-order chi connectivity index (χ1) is 12.2. The Bertz CT molecular complexity index is 684. The predicted molar refractivity (Wildman–Crippen MR) is 96.0 cm³/mol. The molecule has 0 radical (unpaired) electrons. The third-order valence-electron chi connectivity index (χ3n) is 8.44. The maximum atomic E-state index is 11.8. The lowest BCUT2D eigenvalue weighted by molar-refractivity contribution is -0.204. The molecule has 2 unspecified atom stereocenters. The van der Waals surface area contributed by atoms with Gasteiger partial charge in [0.1, 0.15) is 6.10 Å². The highest BCUT2D eigenvalue weighted by Gasteiger charge is 2.67. The molecule has 3 fully saturated rings. The van der Waals surface area contributed by atoms with E-state index in [4.69, 9.17) is 0 Å². The second kappa shape index (κ2) is 5.74. The molecule has 0 aliphatic heterocycles. The van der Waals surface area contributed by atoms with Gasteiger partial charge in [-0.1, -0.05) is 25.5 Å². The Morgan fingerprint density at radius 3 is 2.73 bits per heavy atom. The van der Waals surface area contributed by atoms with Gasteiger partial charge in [0.05, 0.1) is 18.3 Å². The molecule has 0 aromatic rings. The maximum absolute atomic E-state index is 11.8. The molecule has 4 N–H and O–H groups in total. The van der Waals surface area contributed by atoms with Gasteiger partial charge >= 0.3 is 0 Å². The fourth-order valence-electron chi connectivity index (χ4n) is 7.06. The minimum atomic E-state index is -1.37. The first kappa shape index (κ1) is 18.4. The smallest absolute Gasteiger partial charge is 0.178 e. The molecule has 4 rings (SSSR count). The number of aliphatic hydroxyl groups excluding tert-OH is 3. The summed E-state index contributed by atoms with van der Waals surface area (Å²) < 4.78 is 0. The monoisotopic (exact) mass is 362 g/mol. The molecule has 26 heavy (non-hydrogen) atoms. The minimum absolute atomic E-state index is 0.0125. The van der Waals surface area contributed by atoms with Gasteiger partial charge in [-0.3, -0.25) is 4.79 Å². The van der Waals surface area contributed by atoms with Crippen LogP contribution in [0.3, 0.4) is 0 Å². The van der Waals surface area contributed by atoms with E-state index in [2.05, 4.69) is 6.92 Å². The molecule has 5 heteroatoms. The Hall–Kier alpha value is -1.01. The quantitative estimate of drug-likeness (QED) is 0.594. The average Bonchev–Trinajstić information content (AvgIpc) is 2.86. The zero-order valence-electron chi connectivity index (χ0n) is 15.6. The number of ketones is 1. The van der Waals surface area contributed by atoms with Crippen molar-refractivity contribution >= 4 is 5.78 Å². The number of aliphatic hydroxyl groups is 4. The lowest BCUT2D eigenvalue weighted by atomic mass is 9.46. The molecule has 0 spiro atoms. The van der Waals surface area contributed by atoms with Crippen LogP contribution in [0.25, 0.3) is 0 Å². The SMILES string of the molecule is C[C@]12C=CC(=O)C=C1CC[C@@H]1C2C(O)C[C@@]2(C)[C@H]1CC[C@]2(O)[C@@H](O)CO. The van der Waals surface area contributed by atoms with Gasteiger partial charge in [0, 0.05) is 16.7 Å². The van der Waals surface area contributed by atoms with Gasteiger partial charge in [0.2, 0.25) is 0 Å². The van der Waals surface area contributed by atoms with Crippen LogP contribution in [0.4, 0.5) is 0 Å². The largest absolute Gasteiger partial charge is 0.394 e. The van der Waals surface area contributed by atoms with Crippen LogP contribution in [-0.4, -0.2) is 50.6 Å². The standard InChI is InChI=1S/C21H30O5/c1-19-7-5-13(23)9-12(19)3-4-14-15-6-8-21(26,17(25)11-22)20(15,2)10-16(24)18(14)19/h5,7,9,14-18,22,24-26H,3-4,6,8,10-11H2,1-2H3/t14-,15-,16?,17-,18?,19-,20-,21-/m0/s1. The average molecular weight is 362 g/mol. The normalized spacial score (nSPS) is 51.3. The zero-order chi connectivity index (χ0) is 18.9. The van der Waals surface area contributed by atoms with Gasteiger partial charge in [-0.25, -0.2) is 0 Å². The third-order valence-corrected chi connectivity index (χ3v) is 8.44. The molecule has 144 valence electrons. The summed E-state index contributed by atoms with van der Waals surface area (Å²) in [7, 11) is 0. The maximum Gasteiger partial charge on any atom is 0.178 e. The highest BCUT2D eigenvalue weighted by atomic mass is 16.4. The van der Waals surface area contributed by atoms with Crippen molar-refractivity contribution in [2.75, 3.05) is 6.61 Å². The molecular weight excluding hydrogens is 332 g/mol. The van der Waals surface area contributed by atoms with Crippen molar-refractivity contribution in [2.24, 2.45) is 28.6 Å². The lowest BCUT2D eigenvalue weighted by Gasteiger charge is -2.60. The minimum Gasteiger partial charge on any atom is -0.394 e. The molecule has 5 nitrogen and oxygen atoms in total. The number of rotatable bonds is 2. The molecule has 4 aliphatic carbocycles. The van der Waals surface area contributed by atoms with E-state index in [1.807, 2.05) is 13.0 Å². The molecular formula is C21H30O5. The highest BCUT2D eigenvalue weighted by molar-refractivity contribution is 6.01. The zero-order valence-corrected chi connectivity index (χ0v) is 15.6. The second-order valence-electron chi connectivity index (χ2n) is 9.37. The van der Waals surface area contributed by atoms with Crippen molar-refractivity contribution < 1.29 is 25.2 Å². The van der Waals surface area contributed by atoms with Gasteiger partial charge in [0.15, 0.2) is 5.78 Å². The number of hydrogen-bond acceptors (Lipinski definition) is 5. The van der Waals surface area contributed by atoms with Gasteiger partial charge in [-0.2, -0.15) is 0 Å². The van der Waals surface area contributed by atoms with E-state index in [-0.39, 0.29) is 29.0 Å². The topological polar surface area (TPSA) is 98.0 Å². The van der Waals surface area contributed by atoms with Crippen LogP contribution in [0, 0.1) is 28.6 Å². The summed E-state index contributed by atoms with van der Waals surface area (Å²) in [6.07, 6.45) is 6.85. The number of carbonyl (C=O) groups is 1. The second-order valence-corrected chi connectivity index (χ2v) is 9.37. The van der Waals surface area contributed by atoms with E-state index in [0.29, 0.717) is 12.8 Å². The molecule has 0 aromatic carbocycles. The summed E-state index contributed by atoms with van der Waals surface area (Å²) in [5.41, 5.74) is -1.21. The fourth-order valence-corrected chi connectivity index (χ4v) is 7.06. The summed E-state index contributed by atoms with van der Waals surface area (Å²) in [4.78, 5) is 11.8. The van der Waals surface area contributed by atoms with Crippen LogP contribution in [0.5, 0.6) is 0 Å². The van der Waals surface area contributed by atoms with Crippen molar-refractivity contribution in [1.29, 1.82) is 0 Å². The Morgan fingerprint density at radius 2 is 2.04 bits per heavy atom. The van der Waals surface area contributed by atoms with Crippen LogP contribution < -0.4 is 0 Å². The summed E-state index contributed by atoms with van der Waals surface area (Å²) >= 11 is 0. The molecule has 3 saturated carbocycles. The van der Waals surface area contributed by atoms with Crippen LogP contribution in [0.15, 0.2) is 23.8 Å². The van der Waals surface area contributed by atoms with Crippen LogP contribution in [0.1, 0.15) is 46.0 Å². The molecule has 0 saturated heterocycles. The molecule has 4 aliphatic rings. The van der Waals surface area contributed by atoms with E-state index in [9.17, 15) is 25.2 Å².